The minimum absolute atomic E-state index is 0.293. The van der Waals surface area contributed by atoms with E-state index in [4.69, 9.17) is 10.8 Å². The molecule has 1 aromatic rings. The van der Waals surface area contributed by atoms with Crippen LogP contribution in [0.1, 0.15) is 24.8 Å². The number of aliphatic hydroxyl groups is 1. The van der Waals surface area contributed by atoms with Crippen molar-refractivity contribution >= 4 is 11.4 Å². The van der Waals surface area contributed by atoms with E-state index in [0.29, 0.717) is 12.5 Å². The molecule has 1 aromatic carbocycles. The smallest absolute Gasteiger partial charge is 0.0602 e. The molecule has 1 heterocycles. The summed E-state index contributed by atoms with van der Waals surface area (Å²) in [4.78, 5) is 2.37. The Balaban J connectivity index is 2.13. The highest BCUT2D eigenvalue weighted by Gasteiger charge is 2.20. The van der Waals surface area contributed by atoms with Gasteiger partial charge in [-0.2, -0.15) is 0 Å². The van der Waals surface area contributed by atoms with Gasteiger partial charge in [0.2, 0.25) is 0 Å². The zero-order valence-electron chi connectivity index (χ0n) is 10.5. The van der Waals surface area contributed by atoms with E-state index >= 15 is 0 Å². The van der Waals surface area contributed by atoms with E-state index in [-0.39, 0.29) is 0 Å². The maximum Gasteiger partial charge on any atom is 0.0602 e. The first-order valence-electron chi connectivity index (χ1n) is 6.42. The van der Waals surface area contributed by atoms with Crippen LogP contribution in [0.25, 0.3) is 0 Å². The van der Waals surface area contributed by atoms with Gasteiger partial charge in [-0.05, 0) is 49.8 Å². The third-order valence-corrected chi connectivity index (χ3v) is 3.58. The maximum atomic E-state index is 9.03. The van der Waals surface area contributed by atoms with Crippen LogP contribution in [0.3, 0.4) is 0 Å². The van der Waals surface area contributed by atoms with Crippen molar-refractivity contribution in [2.24, 2.45) is 5.92 Å². The molecule has 1 saturated heterocycles. The minimum Gasteiger partial charge on any atom is -0.397 e. The molecule has 0 radical (unpaired) electrons. The Bertz CT molecular complexity index is 376. The van der Waals surface area contributed by atoms with E-state index in [1.807, 2.05) is 12.1 Å². The summed E-state index contributed by atoms with van der Waals surface area (Å²) < 4.78 is 0. The summed E-state index contributed by atoms with van der Waals surface area (Å²) in [5.74, 6) is 0.605. The zero-order chi connectivity index (χ0) is 12.3. The van der Waals surface area contributed by atoms with Crippen molar-refractivity contribution in [2.75, 3.05) is 30.3 Å². The predicted molar refractivity (Wildman–Crippen MR) is 72.2 cm³/mol. The summed E-state index contributed by atoms with van der Waals surface area (Å²) in [6.07, 6.45) is 3.32. The first-order valence-corrected chi connectivity index (χ1v) is 6.42. The standard InChI is InChI=1S/C14H22N2O/c1-11-4-5-13(15)14(9-11)16-7-2-3-12(10-16)6-8-17/h4-5,9,12,17H,2-3,6-8,10,15H2,1H3. The summed E-state index contributed by atoms with van der Waals surface area (Å²) in [5.41, 5.74) is 9.32. The van der Waals surface area contributed by atoms with Crippen molar-refractivity contribution in [1.82, 2.24) is 0 Å². The van der Waals surface area contributed by atoms with E-state index in [1.165, 1.54) is 18.4 Å². The molecule has 1 atom stereocenters. The van der Waals surface area contributed by atoms with Gasteiger partial charge in [0, 0.05) is 19.7 Å². The molecule has 1 aliphatic rings. The molecule has 0 saturated carbocycles. The Labute approximate surface area is 103 Å². The fraction of sp³-hybridized carbons (Fsp3) is 0.571. The number of nitrogens with zero attached hydrogens (tertiary/aromatic N) is 1. The van der Waals surface area contributed by atoms with E-state index in [2.05, 4.69) is 17.9 Å². The van der Waals surface area contributed by atoms with Crippen molar-refractivity contribution < 1.29 is 5.11 Å². The lowest BCUT2D eigenvalue weighted by Gasteiger charge is -2.35. The molecule has 3 nitrogen and oxygen atoms in total. The number of hydrogen-bond acceptors (Lipinski definition) is 3. The lowest BCUT2D eigenvalue weighted by atomic mass is 9.94. The molecule has 0 aromatic heterocycles. The minimum atomic E-state index is 0.293. The SMILES string of the molecule is Cc1ccc(N)c(N2CCCC(CCO)C2)c1. The predicted octanol–water partition coefficient (Wildman–Crippen LogP) is 2.18. The van der Waals surface area contributed by atoms with E-state index < -0.39 is 0 Å². The molecular formula is C14H22N2O. The van der Waals surface area contributed by atoms with Gasteiger partial charge in [0.25, 0.3) is 0 Å². The zero-order valence-corrected chi connectivity index (χ0v) is 10.5. The van der Waals surface area contributed by atoms with Crippen LogP contribution in [-0.2, 0) is 0 Å². The quantitative estimate of drug-likeness (QED) is 0.788. The Morgan fingerprint density at radius 2 is 2.29 bits per heavy atom. The van der Waals surface area contributed by atoms with E-state index in [0.717, 1.165) is 30.9 Å². The molecule has 0 spiro atoms. The Hall–Kier alpha value is -1.22. The highest BCUT2D eigenvalue weighted by atomic mass is 16.3. The highest BCUT2D eigenvalue weighted by Crippen LogP contribution is 2.29. The monoisotopic (exact) mass is 234 g/mol. The van der Waals surface area contributed by atoms with Crippen LogP contribution in [0, 0.1) is 12.8 Å². The molecule has 3 heteroatoms. The van der Waals surface area contributed by atoms with Crippen molar-refractivity contribution in [3.8, 4) is 0 Å². The number of piperidine rings is 1. The number of nitrogen functional groups attached to an aromatic ring is 1. The van der Waals surface area contributed by atoms with Gasteiger partial charge < -0.3 is 15.7 Å². The molecular weight excluding hydrogens is 212 g/mol. The number of aliphatic hydroxyl groups excluding tert-OH is 1. The van der Waals surface area contributed by atoms with Gasteiger partial charge in [0.1, 0.15) is 0 Å². The van der Waals surface area contributed by atoms with Crippen LogP contribution in [0.2, 0.25) is 0 Å². The second-order valence-electron chi connectivity index (χ2n) is 5.03. The summed E-state index contributed by atoms with van der Waals surface area (Å²) in [6.45, 7) is 4.49. The summed E-state index contributed by atoms with van der Waals surface area (Å²) in [5, 5.41) is 9.03. The molecule has 2 rings (SSSR count). The van der Waals surface area contributed by atoms with Crippen molar-refractivity contribution in [3.05, 3.63) is 23.8 Å². The average molecular weight is 234 g/mol. The topological polar surface area (TPSA) is 49.5 Å². The number of hydrogen-bond donors (Lipinski definition) is 2. The number of nitrogens with two attached hydrogens (primary N) is 1. The second-order valence-corrected chi connectivity index (χ2v) is 5.03. The molecule has 17 heavy (non-hydrogen) atoms. The lowest BCUT2D eigenvalue weighted by molar-refractivity contribution is 0.244. The molecule has 1 fully saturated rings. The van der Waals surface area contributed by atoms with Crippen molar-refractivity contribution in [3.63, 3.8) is 0 Å². The van der Waals surface area contributed by atoms with E-state index in [1.54, 1.807) is 0 Å². The van der Waals surface area contributed by atoms with Gasteiger partial charge in [-0.3, -0.25) is 0 Å². The van der Waals surface area contributed by atoms with Crippen LogP contribution >= 0.6 is 0 Å². The fourth-order valence-electron chi connectivity index (χ4n) is 2.63. The number of aryl methyl sites for hydroxylation is 1. The Morgan fingerprint density at radius 1 is 1.47 bits per heavy atom. The van der Waals surface area contributed by atoms with Crippen LogP contribution in [-0.4, -0.2) is 24.8 Å². The largest absolute Gasteiger partial charge is 0.397 e. The van der Waals surface area contributed by atoms with Crippen molar-refractivity contribution in [2.45, 2.75) is 26.2 Å². The van der Waals surface area contributed by atoms with Crippen LogP contribution < -0.4 is 10.6 Å². The molecule has 1 unspecified atom stereocenters. The number of benzene rings is 1. The molecule has 1 aliphatic heterocycles. The fourth-order valence-corrected chi connectivity index (χ4v) is 2.63. The maximum absolute atomic E-state index is 9.03. The van der Waals surface area contributed by atoms with Gasteiger partial charge in [0.15, 0.2) is 0 Å². The van der Waals surface area contributed by atoms with Crippen LogP contribution in [0.5, 0.6) is 0 Å². The summed E-state index contributed by atoms with van der Waals surface area (Å²) in [6, 6.07) is 6.20. The van der Waals surface area contributed by atoms with Crippen LogP contribution in [0.15, 0.2) is 18.2 Å². The van der Waals surface area contributed by atoms with Gasteiger partial charge in [-0.25, -0.2) is 0 Å². The lowest BCUT2D eigenvalue weighted by Crippen LogP contribution is -2.36. The highest BCUT2D eigenvalue weighted by molar-refractivity contribution is 5.68. The van der Waals surface area contributed by atoms with Crippen LogP contribution in [0.4, 0.5) is 11.4 Å². The average Bonchev–Trinajstić information content (AvgIpc) is 2.33. The molecule has 0 aliphatic carbocycles. The summed E-state index contributed by atoms with van der Waals surface area (Å²) >= 11 is 0. The summed E-state index contributed by atoms with van der Waals surface area (Å²) in [7, 11) is 0. The van der Waals surface area contributed by atoms with Gasteiger partial charge in [-0.1, -0.05) is 6.07 Å². The van der Waals surface area contributed by atoms with Crippen molar-refractivity contribution in [1.29, 1.82) is 0 Å². The molecule has 0 bridgehead atoms. The molecule has 3 N–H and O–H groups in total. The third kappa shape index (κ3) is 2.91. The first-order chi connectivity index (χ1) is 8.20. The number of rotatable bonds is 3. The molecule has 0 amide bonds. The molecule has 94 valence electrons. The third-order valence-electron chi connectivity index (χ3n) is 3.58. The Morgan fingerprint density at radius 3 is 3.06 bits per heavy atom. The second kappa shape index (κ2) is 5.41. The first kappa shape index (κ1) is 12.2. The normalized spacial score (nSPS) is 20.6. The van der Waals surface area contributed by atoms with Gasteiger partial charge in [0.05, 0.1) is 11.4 Å². The van der Waals surface area contributed by atoms with E-state index in [9.17, 15) is 0 Å². The Kier molecular flexibility index (Phi) is 3.89. The van der Waals surface area contributed by atoms with Gasteiger partial charge >= 0.3 is 0 Å². The van der Waals surface area contributed by atoms with Gasteiger partial charge in [-0.15, -0.1) is 0 Å². The number of anilines is 2.